The molecular formula is C27H32N2O7S. The van der Waals surface area contributed by atoms with Crippen LogP contribution in [0.5, 0.6) is 5.75 Å². The van der Waals surface area contributed by atoms with E-state index >= 15 is 0 Å². The van der Waals surface area contributed by atoms with E-state index in [2.05, 4.69) is 0 Å². The van der Waals surface area contributed by atoms with Crippen molar-refractivity contribution in [2.75, 3.05) is 13.7 Å². The molecule has 0 aromatic heterocycles. The molecule has 10 heteroatoms. The maximum Gasteiger partial charge on any atom is 0.410 e. The second kappa shape index (κ2) is 12.6. The fraction of sp³-hybridized carbons (Fsp3) is 0.407. The number of rotatable bonds is 9. The highest BCUT2D eigenvalue weighted by Gasteiger charge is 2.35. The van der Waals surface area contributed by atoms with Crippen molar-refractivity contribution in [1.82, 2.24) is 4.90 Å². The molecule has 1 heterocycles. The van der Waals surface area contributed by atoms with Crippen molar-refractivity contribution in [3.05, 3.63) is 81.9 Å². The van der Waals surface area contributed by atoms with Crippen molar-refractivity contribution < 1.29 is 28.7 Å². The van der Waals surface area contributed by atoms with Gasteiger partial charge in [-0.05, 0) is 62.6 Å². The lowest BCUT2D eigenvalue weighted by Crippen LogP contribution is -2.35. The molecule has 0 spiro atoms. The number of nitro groups is 1. The summed E-state index contributed by atoms with van der Waals surface area (Å²) in [5, 5.41) is 11.0. The molecule has 1 fully saturated rings. The lowest BCUT2D eigenvalue weighted by Gasteiger charge is -2.22. The van der Waals surface area contributed by atoms with Crippen LogP contribution in [0.25, 0.3) is 0 Å². The Morgan fingerprint density at radius 1 is 1.11 bits per heavy atom. The second-order valence-electron chi connectivity index (χ2n) is 9.61. The molecule has 0 unspecified atom stereocenters. The maximum atomic E-state index is 13.0. The summed E-state index contributed by atoms with van der Waals surface area (Å²) < 4.78 is 16.1. The minimum atomic E-state index is -0.614. The zero-order valence-electron chi connectivity index (χ0n) is 21.4. The number of likely N-dealkylation sites (tertiary alicyclic amines) is 1. The van der Waals surface area contributed by atoms with Crippen molar-refractivity contribution >= 4 is 29.5 Å². The first-order chi connectivity index (χ1) is 17.5. The first-order valence-corrected chi connectivity index (χ1v) is 12.9. The van der Waals surface area contributed by atoms with Gasteiger partial charge in [-0.25, -0.2) is 9.59 Å². The van der Waals surface area contributed by atoms with Crippen LogP contribution >= 0.6 is 11.8 Å². The highest BCUT2D eigenvalue weighted by atomic mass is 32.2. The molecule has 0 saturated carbocycles. The average molecular weight is 529 g/mol. The molecule has 0 aliphatic carbocycles. The van der Waals surface area contributed by atoms with Gasteiger partial charge in [0.25, 0.3) is 5.69 Å². The van der Waals surface area contributed by atoms with Gasteiger partial charge in [-0.15, -0.1) is 0 Å². The van der Waals surface area contributed by atoms with Gasteiger partial charge in [0.1, 0.15) is 18.0 Å². The van der Waals surface area contributed by atoms with Crippen LogP contribution in [0.3, 0.4) is 0 Å². The lowest BCUT2D eigenvalue weighted by atomic mass is 10.2. The minimum absolute atomic E-state index is 0.0144. The Labute approximate surface area is 220 Å². The first-order valence-electron chi connectivity index (χ1n) is 11.9. The number of hydrogen-bond acceptors (Lipinski definition) is 8. The fourth-order valence-corrected chi connectivity index (χ4v) is 4.96. The normalized spacial score (nSPS) is 17.6. The van der Waals surface area contributed by atoms with Crippen LogP contribution in [-0.2, 0) is 26.6 Å². The van der Waals surface area contributed by atoms with Crippen LogP contribution in [-0.4, -0.2) is 52.4 Å². The van der Waals surface area contributed by atoms with E-state index in [0.717, 1.165) is 17.1 Å². The second-order valence-corrected chi connectivity index (χ2v) is 10.9. The monoisotopic (exact) mass is 528 g/mol. The average Bonchev–Trinajstić information content (AvgIpc) is 3.27. The molecule has 0 bridgehead atoms. The molecule has 1 amide bonds. The number of ether oxygens (including phenoxy) is 3. The Morgan fingerprint density at radius 2 is 1.76 bits per heavy atom. The van der Waals surface area contributed by atoms with E-state index in [0.29, 0.717) is 18.5 Å². The molecule has 37 heavy (non-hydrogen) atoms. The predicted molar refractivity (Wildman–Crippen MR) is 141 cm³/mol. The smallest absolute Gasteiger partial charge is 0.410 e. The highest BCUT2D eigenvalue weighted by Crippen LogP contribution is 2.31. The zero-order valence-corrected chi connectivity index (χ0v) is 22.2. The fourth-order valence-electron chi connectivity index (χ4n) is 3.74. The summed E-state index contributed by atoms with van der Waals surface area (Å²) in [6, 6.07) is 13.4. The number of esters is 1. The van der Waals surface area contributed by atoms with Crippen LogP contribution in [0.2, 0.25) is 0 Å². The van der Waals surface area contributed by atoms with Crippen LogP contribution in [0, 0.1) is 10.1 Å². The number of thioether (sulfide) groups is 1. The number of benzene rings is 2. The highest BCUT2D eigenvalue weighted by molar-refractivity contribution is 7.99. The molecule has 1 aliphatic rings. The van der Waals surface area contributed by atoms with Gasteiger partial charge in [-0.2, -0.15) is 11.8 Å². The van der Waals surface area contributed by atoms with Gasteiger partial charge >= 0.3 is 12.1 Å². The number of carbonyl (C=O) groups is 2. The van der Waals surface area contributed by atoms with Gasteiger partial charge in [0, 0.05) is 35.8 Å². The summed E-state index contributed by atoms with van der Waals surface area (Å²) in [7, 11) is 1.63. The third kappa shape index (κ3) is 8.82. The van der Waals surface area contributed by atoms with Crippen molar-refractivity contribution in [3.8, 4) is 5.75 Å². The van der Waals surface area contributed by atoms with Crippen LogP contribution in [0.1, 0.15) is 38.3 Å². The third-order valence-electron chi connectivity index (χ3n) is 5.56. The summed E-state index contributed by atoms with van der Waals surface area (Å²) in [4.78, 5) is 37.2. The van der Waals surface area contributed by atoms with Crippen LogP contribution in [0.15, 0.2) is 60.7 Å². The van der Waals surface area contributed by atoms with Gasteiger partial charge in [-0.3, -0.25) is 10.1 Å². The van der Waals surface area contributed by atoms with Crippen molar-refractivity contribution in [1.29, 1.82) is 0 Å². The number of amides is 1. The summed E-state index contributed by atoms with van der Waals surface area (Å²) >= 11 is 1.73. The quantitative estimate of drug-likeness (QED) is 0.181. The lowest BCUT2D eigenvalue weighted by molar-refractivity contribution is -0.384. The van der Waals surface area contributed by atoms with E-state index in [1.807, 2.05) is 24.3 Å². The molecule has 2 aromatic rings. The van der Waals surface area contributed by atoms with E-state index in [1.54, 1.807) is 62.8 Å². The molecule has 1 saturated heterocycles. The largest absolute Gasteiger partial charge is 0.497 e. The minimum Gasteiger partial charge on any atom is -0.497 e. The van der Waals surface area contributed by atoms with E-state index in [9.17, 15) is 19.7 Å². The summed E-state index contributed by atoms with van der Waals surface area (Å²) in [6.45, 7) is 5.83. The molecule has 1 aliphatic heterocycles. The molecule has 9 nitrogen and oxygen atoms in total. The number of nitrogens with zero attached hydrogens (tertiary/aromatic N) is 2. The Balaban J connectivity index is 1.64. The number of carbonyl (C=O) groups excluding carboxylic acids is 2. The van der Waals surface area contributed by atoms with Crippen LogP contribution in [0.4, 0.5) is 10.5 Å². The zero-order chi connectivity index (χ0) is 27.0. The van der Waals surface area contributed by atoms with Gasteiger partial charge in [-0.1, -0.05) is 18.2 Å². The topological polar surface area (TPSA) is 108 Å². The van der Waals surface area contributed by atoms with Gasteiger partial charge in [0.2, 0.25) is 0 Å². The van der Waals surface area contributed by atoms with Gasteiger partial charge in [0.05, 0.1) is 18.1 Å². The standard InChI is InChI=1S/C27H32N2O7S/c1-27(2,3)36-25(30)14-11-22-15-24(37-18-20-7-12-23(34-4)13-8-20)16-28(22)26(31)35-17-19-5-9-21(10-6-19)29(32)33/h5-14,22,24H,15-18H2,1-4H3/t22-,24+/m1/s1. The number of nitro benzene ring substituents is 1. The van der Waals surface area contributed by atoms with Gasteiger partial charge in [0.15, 0.2) is 0 Å². The Kier molecular flexibility index (Phi) is 9.57. The van der Waals surface area contributed by atoms with E-state index < -0.39 is 22.6 Å². The molecule has 0 N–H and O–H groups in total. The van der Waals surface area contributed by atoms with Crippen molar-refractivity contribution in [3.63, 3.8) is 0 Å². The van der Waals surface area contributed by atoms with E-state index in [1.165, 1.54) is 18.2 Å². The van der Waals surface area contributed by atoms with Crippen molar-refractivity contribution in [2.45, 2.75) is 56.4 Å². The Morgan fingerprint density at radius 3 is 2.35 bits per heavy atom. The number of non-ortho nitro benzene ring substituents is 1. The summed E-state index contributed by atoms with van der Waals surface area (Å²) in [6.07, 6.45) is 3.20. The molecule has 2 aromatic carbocycles. The third-order valence-corrected chi connectivity index (χ3v) is 6.87. The summed E-state index contributed by atoms with van der Waals surface area (Å²) in [5.41, 5.74) is 1.14. The Bertz CT molecular complexity index is 1110. The Hall–Kier alpha value is -3.53. The van der Waals surface area contributed by atoms with Crippen molar-refractivity contribution in [2.24, 2.45) is 0 Å². The number of methoxy groups -OCH3 is 1. The molecule has 3 rings (SSSR count). The molecule has 2 atom stereocenters. The first kappa shape index (κ1) is 28.0. The SMILES string of the molecule is COc1ccc(CS[C@H]2C[C@@H](C=CC(=O)OC(C)(C)C)N(C(=O)OCc3ccc([N+](=O)[O-])cc3)C2)cc1. The maximum absolute atomic E-state index is 13.0. The predicted octanol–water partition coefficient (Wildman–Crippen LogP) is 5.51. The van der Waals surface area contributed by atoms with Crippen LogP contribution < -0.4 is 4.74 Å². The van der Waals surface area contributed by atoms with E-state index in [4.69, 9.17) is 14.2 Å². The molecular weight excluding hydrogens is 496 g/mol. The summed E-state index contributed by atoms with van der Waals surface area (Å²) in [5.74, 6) is 1.09. The van der Waals surface area contributed by atoms with Gasteiger partial charge < -0.3 is 19.1 Å². The number of hydrogen-bond donors (Lipinski definition) is 0. The molecule has 198 valence electrons. The molecule has 0 radical (unpaired) electrons. The van der Waals surface area contributed by atoms with E-state index in [-0.39, 0.29) is 23.6 Å².